The van der Waals surface area contributed by atoms with Gasteiger partial charge in [0.25, 0.3) is 5.56 Å². The molecule has 0 aliphatic heterocycles. The van der Waals surface area contributed by atoms with E-state index in [9.17, 15) is 19.5 Å². The number of hydrogen-bond donors (Lipinski definition) is 3. The van der Waals surface area contributed by atoms with Gasteiger partial charge < -0.3 is 20.0 Å². The maximum atomic E-state index is 13.4. The Morgan fingerprint density at radius 2 is 2.06 bits per heavy atom. The normalized spacial score (nSPS) is 18.6. The monoisotopic (exact) mass is 484 g/mol. The standard InChI is InChI=1S/C23H25ClN6O4/c1-28-18-19(27-22(28)26-13-6-3-5-12(9-13)21(32)33)29(2)23(34)30(20(18)31)11-14-10-15-16(24)7-4-8-17(15)25-14/h4,7-8,10,12-13,25H,3,5-6,9,11H2,1-2H3,(H,26,27)(H,32,33). The maximum absolute atomic E-state index is 13.4. The van der Waals surface area contributed by atoms with Crippen LogP contribution in [0.3, 0.4) is 0 Å². The Morgan fingerprint density at radius 3 is 2.79 bits per heavy atom. The summed E-state index contributed by atoms with van der Waals surface area (Å²) in [5.41, 5.74) is 1.16. The molecule has 3 heterocycles. The number of carbonyl (C=O) groups is 1. The molecule has 5 rings (SSSR count). The van der Waals surface area contributed by atoms with E-state index in [4.69, 9.17) is 11.6 Å². The zero-order chi connectivity index (χ0) is 24.1. The fraction of sp³-hybridized carbons (Fsp3) is 0.391. The zero-order valence-corrected chi connectivity index (χ0v) is 19.6. The molecule has 1 saturated carbocycles. The van der Waals surface area contributed by atoms with Gasteiger partial charge in [0.05, 0.1) is 12.5 Å². The Bertz CT molecular complexity index is 1550. The number of anilines is 1. The number of H-pyrrole nitrogens is 1. The van der Waals surface area contributed by atoms with E-state index in [1.165, 1.54) is 9.13 Å². The Morgan fingerprint density at radius 1 is 1.26 bits per heavy atom. The number of imidazole rings is 1. The van der Waals surface area contributed by atoms with Gasteiger partial charge in [-0.15, -0.1) is 0 Å². The van der Waals surface area contributed by atoms with Crippen LogP contribution in [-0.2, 0) is 25.4 Å². The summed E-state index contributed by atoms with van der Waals surface area (Å²) in [6.07, 6.45) is 2.77. The van der Waals surface area contributed by atoms with Crippen molar-refractivity contribution in [2.75, 3.05) is 5.32 Å². The van der Waals surface area contributed by atoms with E-state index >= 15 is 0 Å². The van der Waals surface area contributed by atoms with Crippen molar-refractivity contribution in [3.05, 3.63) is 55.8 Å². The predicted octanol–water partition coefficient (Wildman–Crippen LogP) is 2.67. The van der Waals surface area contributed by atoms with Gasteiger partial charge in [0.1, 0.15) is 0 Å². The van der Waals surface area contributed by atoms with E-state index in [1.54, 1.807) is 24.7 Å². The maximum Gasteiger partial charge on any atom is 0.332 e. The van der Waals surface area contributed by atoms with Crippen LogP contribution >= 0.6 is 11.6 Å². The Balaban J connectivity index is 1.53. The molecule has 1 aliphatic rings. The van der Waals surface area contributed by atoms with Gasteiger partial charge in [-0.1, -0.05) is 24.1 Å². The average molecular weight is 485 g/mol. The molecule has 1 aromatic carbocycles. The number of benzene rings is 1. The number of nitrogens with one attached hydrogen (secondary N) is 2. The predicted molar refractivity (Wildman–Crippen MR) is 130 cm³/mol. The Kier molecular flexibility index (Phi) is 5.47. The van der Waals surface area contributed by atoms with Crippen molar-refractivity contribution in [3.63, 3.8) is 0 Å². The van der Waals surface area contributed by atoms with E-state index in [0.29, 0.717) is 35.0 Å². The highest BCUT2D eigenvalue weighted by atomic mass is 35.5. The third kappa shape index (κ3) is 3.67. The lowest BCUT2D eigenvalue weighted by Crippen LogP contribution is -2.39. The van der Waals surface area contributed by atoms with Crippen molar-refractivity contribution in [1.29, 1.82) is 0 Å². The number of fused-ring (bicyclic) bond motifs is 2. The SMILES string of the molecule is Cn1c(NC2CCCC(C(=O)O)C2)nc2c1c(=O)n(Cc1cc3c(Cl)cccc3[nH]1)c(=O)n2C. The molecule has 3 N–H and O–H groups in total. The van der Waals surface area contributed by atoms with Gasteiger partial charge in [-0.05, 0) is 37.5 Å². The average Bonchev–Trinajstić information content (AvgIpc) is 3.37. The van der Waals surface area contributed by atoms with Crippen molar-refractivity contribution in [2.45, 2.75) is 38.3 Å². The molecule has 0 amide bonds. The summed E-state index contributed by atoms with van der Waals surface area (Å²) in [4.78, 5) is 45.6. The van der Waals surface area contributed by atoms with Crippen LogP contribution in [-0.4, -0.2) is 40.8 Å². The number of nitrogens with zero attached hydrogens (tertiary/aromatic N) is 4. The molecule has 34 heavy (non-hydrogen) atoms. The van der Waals surface area contributed by atoms with Gasteiger partial charge in [-0.25, -0.2) is 4.79 Å². The lowest BCUT2D eigenvalue weighted by molar-refractivity contribution is -0.142. The molecule has 3 aromatic heterocycles. The highest BCUT2D eigenvalue weighted by Crippen LogP contribution is 2.27. The van der Waals surface area contributed by atoms with Crippen molar-refractivity contribution < 1.29 is 9.90 Å². The van der Waals surface area contributed by atoms with Crippen LogP contribution in [0.1, 0.15) is 31.4 Å². The summed E-state index contributed by atoms with van der Waals surface area (Å²) in [6, 6.07) is 7.27. The molecule has 2 unspecified atom stereocenters. The Labute approximate surface area is 198 Å². The quantitative estimate of drug-likeness (QED) is 0.399. The van der Waals surface area contributed by atoms with Crippen LogP contribution in [0.15, 0.2) is 33.9 Å². The van der Waals surface area contributed by atoms with Crippen LogP contribution < -0.4 is 16.6 Å². The minimum atomic E-state index is -0.792. The number of aliphatic carboxylic acids is 1. The summed E-state index contributed by atoms with van der Waals surface area (Å²) in [5.74, 6) is -0.749. The van der Waals surface area contributed by atoms with E-state index < -0.39 is 23.1 Å². The molecule has 0 radical (unpaired) electrons. The first-order chi connectivity index (χ1) is 16.2. The second kappa shape index (κ2) is 8.35. The summed E-state index contributed by atoms with van der Waals surface area (Å²) < 4.78 is 4.17. The van der Waals surface area contributed by atoms with E-state index in [1.807, 2.05) is 18.2 Å². The van der Waals surface area contributed by atoms with Crippen molar-refractivity contribution >= 4 is 45.6 Å². The third-order valence-corrected chi connectivity index (χ3v) is 7.04. The van der Waals surface area contributed by atoms with E-state index in [2.05, 4.69) is 15.3 Å². The number of aromatic amines is 1. The molecule has 0 bridgehead atoms. The first-order valence-electron chi connectivity index (χ1n) is 11.2. The Hall–Kier alpha value is -3.53. The number of aromatic nitrogens is 5. The van der Waals surface area contributed by atoms with Crippen molar-refractivity contribution in [2.24, 2.45) is 20.0 Å². The minimum absolute atomic E-state index is 0.0588. The molecule has 1 aliphatic carbocycles. The third-order valence-electron chi connectivity index (χ3n) is 6.71. The molecule has 1 fully saturated rings. The summed E-state index contributed by atoms with van der Waals surface area (Å²) >= 11 is 6.26. The topological polar surface area (TPSA) is 127 Å². The molecule has 11 heteroatoms. The molecule has 10 nitrogen and oxygen atoms in total. The molecule has 4 aromatic rings. The second-order valence-electron chi connectivity index (χ2n) is 8.94. The minimum Gasteiger partial charge on any atom is -0.481 e. The van der Waals surface area contributed by atoms with Crippen LogP contribution in [0.2, 0.25) is 5.02 Å². The lowest BCUT2D eigenvalue weighted by Gasteiger charge is -2.27. The van der Waals surface area contributed by atoms with Crippen LogP contribution in [0.25, 0.3) is 22.1 Å². The molecular weight excluding hydrogens is 460 g/mol. The number of carboxylic acid groups (broad SMARTS) is 1. The van der Waals surface area contributed by atoms with E-state index in [-0.39, 0.29) is 18.2 Å². The number of carboxylic acids is 1. The molecule has 0 spiro atoms. The zero-order valence-electron chi connectivity index (χ0n) is 18.8. The number of hydrogen-bond acceptors (Lipinski definition) is 5. The fourth-order valence-corrected chi connectivity index (χ4v) is 5.10. The van der Waals surface area contributed by atoms with Crippen molar-refractivity contribution in [3.8, 4) is 0 Å². The second-order valence-corrected chi connectivity index (χ2v) is 9.35. The van der Waals surface area contributed by atoms with Crippen LogP contribution in [0, 0.1) is 5.92 Å². The number of rotatable bonds is 5. The smallest absolute Gasteiger partial charge is 0.332 e. The highest BCUT2D eigenvalue weighted by molar-refractivity contribution is 6.35. The van der Waals surface area contributed by atoms with E-state index in [0.717, 1.165) is 23.7 Å². The summed E-state index contributed by atoms with van der Waals surface area (Å²) in [7, 11) is 3.30. The van der Waals surface area contributed by atoms with Gasteiger partial charge in [0.2, 0.25) is 5.95 Å². The lowest BCUT2D eigenvalue weighted by atomic mass is 9.86. The molecule has 178 valence electrons. The largest absolute Gasteiger partial charge is 0.481 e. The first kappa shape index (κ1) is 22.3. The van der Waals surface area contributed by atoms with Crippen molar-refractivity contribution in [1.82, 2.24) is 23.7 Å². The van der Waals surface area contributed by atoms with Gasteiger partial charge in [0.15, 0.2) is 11.2 Å². The van der Waals surface area contributed by atoms with Gasteiger partial charge in [-0.2, -0.15) is 4.98 Å². The van der Waals surface area contributed by atoms with Gasteiger partial charge >= 0.3 is 11.7 Å². The molecule has 0 saturated heterocycles. The number of halogens is 1. The highest BCUT2D eigenvalue weighted by Gasteiger charge is 2.28. The van der Waals surface area contributed by atoms with Gasteiger partial charge in [-0.3, -0.25) is 18.7 Å². The summed E-state index contributed by atoms with van der Waals surface area (Å²) in [6.45, 7) is 0.0588. The number of aryl methyl sites for hydroxylation is 2. The molecule has 2 atom stereocenters. The van der Waals surface area contributed by atoms with Crippen LogP contribution in [0.5, 0.6) is 0 Å². The van der Waals surface area contributed by atoms with Crippen LogP contribution in [0.4, 0.5) is 5.95 Å². The molecular formula is C23H25ClN6O4. The first-order valence-corrected chi connectivity index (χ1v) is 11.5. The van der Waals surface area contributed by atoms with Gasteiger partial charge in [0, 0.05) is 41.8 Å². The fourth-order valence-electron chi connectivity index (χ4n) is 4.87. The summed E-state index contributed by atoms with van der Waals surface area (Å²) in [5, 5.41) is 14.1.